The molecule has 14 heteroatoms. The number of phenols is 1. The molecule has 0 bridgehead atoms. The Labute approximate surface area is 211 Å². The normalized spacial score (nSPS) is 17.3. The van der Waals surface area contributed by atoms with Gasteiger partial charge in [-0.1, -0.05) is 12.1 Å². The Hall–Kier alpha value is -4.20. The molecule has 2 rings (SSSR count). The number of hydrogen-bond acceptors (Lipinski definition) is 8. The topological polar surface area (TPSA) is 237 Å². The molecule has 1 aromatic rings. The maximum Gasteiger partial charge on any atom is 0.326 e. The molecule has 202 valence electrons. The van der Waals surface area contributed by atoms with Crippen LogP contribution in [-0.2, 0) is 35.2 Å². The molecule has 1 aliphatic heterocycles. The summed E-state index contributed by atoms with van der Waals surface area (Å²) in [7, 11) is 0. The number of hydrogen-bond donors (Lipinski definition) is 7. The average molecular weight is 523 g/mol. The first-order valence-corrected chi connectivity index (χ1v) is 11.5. The van der Waals surface area contributed by atoms with Gasteiger partial charge in [0.1, 0.15) is 23.9 Å². The summed E-state index contributed by atoms with van der Waals surface area (Å²) in [5, 5.41) is 41.3. The Balaban J connectivity index is 2.10. The standard InChI is InChI=1S/C23H30N4O10/c24-14(10-12-3-5-13(28)6-4-12)20(33)26-16(11-19(31)32)22(35)27-9-1-2-17(27)21(34)25-15(23(36)37)7-8-18(29)30/h3-6,14-17,28H,1-2,7-11,24H2,(H,25,34)(H,26,33)(H,29,30)(H,31,32)(H,36,37). The van der Waals surface area contributed by atoms with Crippen molar-refractivity contribution in [3.8, 4) is 5.75 Å². The van der Waals surface area contributed by atoms with E-state index in [1.807, 2.05) is 0 Å². The third-order valence-corrected chi connectivity index (χ3v) is 5.82. The van der Waals surface area contributed by atoms with Crippen LogP contribution in [0.15, 0.2) is 24.3 Å². The van der Waals surface area contributed by atoms with Gasteiger partial charge < -0.3 is 41.7 Å². The van der Waals surface area contributed by atoms with Gasteiger partial charge >= 0.3 is 17.9 Å². The zero-order chi connectivity index (χ0) is 27.7. The van der Waals surface area contributed by atoms with Gasteiger partial charge in [-0.3, -0.25) is 24.0 Å². The van der Waals surface area contributed by atoms with Crippen molar-refractivity contribution in [2.45, 2.75) is 62.7 Å². The largest absolute Gasteiger partial charge is 0.508 e. The second-order valence-electron chi connectivity index (χ2n) is 8.66. The number of carboxylic acid groups (broad SMARTS) is 3. The van der Waals surface area contributed by atoms with Gasteiger partial charge in [-0.05, 0) is 43.4 Å². The lowest BCUT2D eigenvalue weighted by atomic mass is 10.0. The molecule has 14 nitrogen and oxygen atoms in total. The SMILES string of the molecule is NC(Cc1ccc(O)cc1)C(=O)NC(CC(=O)O)C(=O)N1CCCC1C(=O)NC(CCC(=O)O)C(=O)O. The van der Waals surface area contributed by atoms with Crippen LogP contribution in [0.25, 0.3) is 0 Å². The Morgan fingerprint density at radius 1 is 0.973 bits per heavy atom. The molecular weight excluding hydrogens is 492 g/mol. The van der Waals surface area contributed by atoms with Crippen LogP contribution in [0.3, 0.4) is 0 Å². The van der Waals surface area contributed by atoms with Crippen LogP contribution >= 0.6 is 0 Å². The molecule has 4 unspecified atom stereocenters. The fraction of sp³-hybridized carbons (Fsp3) is 0.478. The number of carboxylic acids is 3. The minimum Gasteiger partial charge on any atom is -0.508 e. The van der Waals surface area contributed by atoms with Crippen LogP contribution < -0.4 is 16.4 Å². The van der Waals surface area contributed by atoms with Crippen molar-refractivity contribution in [2.24, 2.45) is 5.73 Å². The molecule has 3 amide bonds. The molecule has 0 saturated carbocycles. The van der Waals surface area contributed by atoms with Crippen LogP contribution in [0, 0.1) is 0 Å². The molecule has 37 heavy (non-hydrogen) atoms. The van der Waals surface area contributed by atoms with Crippen LogP contribution in [0.2, 0.25) is 0 Å². The van der Waals surface area contributed by atoms with Gasteiger partial charge in [-0.15, -0.1) is 0 Å². The number of nitrogens with one attached hydrogen (secondary N) is 2. The Kier molecular flexibility index (Phi) is 10.4. The number of amides is 3. The summed E-state index contributed by atoms with van der Waals surface area (Å²) in [5.41, 5.74) is 6.54. The van der Waals surface area contributed by atoms with Crippen LogP contribution in [0.1, 0.15) is 37.7 Å². The van der Waals surface area contributed by atoms with Crippen molar-refractivity contribution in [1.82, 2.24) is 15.5 Å². The fourth-order valence-electron chi connectivity index (χ4n) is 3.93. The molecule has 8 N–H and O–H groups in total. The van der Waals surface area contributed by atoms with E-state index in [0.29, 0.717) is 12.0 Å². The second-order valence-corrected chi connectivity index (χ2v) is 8.66. The molecule has 0 spiro atoms. The summed E-state index contributed by atoms with van der Waals surface area (Å²) in [5.74, 6) is -6.51. The number of nitrogens with zero attached hydrogens (tertiary/aromatic N) is 1. The van der Waals surface area contributed by atoms with Gasteiger partial charge in [0.05, 0.1) is 12.5 Å². The highest BCUT2D eigenvalue weighted by molar-refractivity contribution is 5.96. The van der Waals surface area contributed by atoms with Crippen LogP contribution in [-0.4, -0.2) is 91.7 Å². The molecule has 1 saturated heterocycles. The Morgan fingerprint density at radius 3 is 2.19 bits per heavy atom. The number of carbonyl (C=O) groups is 6. The summed E-state index contributed by atoms with van der Waals surface area (Å²) in [6.45, 7) is 0.0648. The lowest BCUT2D eigenvalue weighted by molar-refractivity contribution is -0.147. The van der Waals surface area contributed by atoms with Crippen molar-refractivity contribution in [1.29, 1.82) is 0 Å². The number of rotatable bonds is 13. The first-order chi connectivity index (χ1) is 17.4. The zero-order valence-corrected chi connectivity index (χ0v) is 19.8. The van der Waals surface area contributed by atoms with E-state index in [9.17, 15) is 44.1 Å². The summed E-state index contributed by atoms with van der Waals surface area (Å²) in [4.78, 5) is 73.3. The maximum absolute atomic E-state index is 13.2. The Bertz CT molecular complexity index is 1030. The summed E-state index contributed by atoms with van der Waals surface area (Å²) in [6.07, 6.45) is -1.07. The summed E-state index contributed by atoms with van der Waals surface area (Å²) in [6, 6.07) is 0.625. The van der Waals surface area contributed by atoms with E-state index >= 15 is 0 Å². The lowest BCUT2D eigenvalue weighted by Crippen LogP contribution is -2.57. The monoisotopic (exact) mass is 522 g/mol. The van der Waals surface area contributed by atoms with Crippen molar-refractivity contribution in [3.05, 3.63) is 29.8 Å². The van der Waals surface area contributed by atoms with Gasteiger partial charge in [0, 0.05) is 13.0 Å². The minimum atomic E-state index is -1.54. The van der Waals surface area contributed by atoms with Gasteiger partial charge in [-0.2, -0.15) is 0 Å². The number of benzene rings is 1. The molecule has 0 radical (unpaired) electrons. The first kappa shape index (κ1) is 29.0. The Morgan fingerprint density at radius 2 is 1.62 bits per heavy atom. The predicted octanol–water partition coefficient (Wildman–Crippen LogP) is -1.35. The highest BCUT2D eigenvalue weighted by Gasteiger charge is 2.39. The quantitative estimate of drug-likeness (QED) is 0.160. The number of aliphatic carboxylic acids is 3. The molecule has 0 aromatic heterocycles. The lowest BCUT2D eigenvalue weighted by Gasteiger charge is -2.29. The summed E-state index contributed by atoms with van der Waals surface area (Å²) < 4.78 is 0. The molecule has 1 heterocycles. The maximum atomic E-state index is 13.2. The van der Waals surface area contributed by atoms with Crippen molar-refractivity contribution >= 4 is 35.6 Å². The third kappa shape index (κ3) is 8.75. The number of carbonyl (C=O) groups excluding carboxylic acids is 3. The van der Waals surface area contributed by atoms with E-state index in [1.54, 1.807) is 12.1 Å². The third-order valence-electron chi connectivity index (χ3n) is 5.82. The van der Waals surface area contributed by atoms with E-state index in [2.05, 4.69) is 10.6 Å². The molecule has 1 aromatic carbocycles. The smallest absolute Gasteiger partial charge is 0.326 e. The van der Waals surface area contributed by atoms with Gasteiger partial charge in [0.25, 0.3) is 0 Å². The number of nitrogens with two attached hydrogens (primary N) is 1. The first-order valence-electron chi connectivity index (χ1n) is 11.5. The van der Waals surface area contributed by atoms with Crippen molar-refractivity contribution in [3.63, 3.8) is 0 Å². The van der Waals surface area contributed by atoms with Crippen LogP contribution in [0.5, 0.6) is 5.75 Å². The van der Waals surface area contributed by atoms with Crippen molar-refractivity contribution in [2.75, 3.05) is 6.54 Å². The van der Waals surface area contributed by atoms with Gasteiger partial charge in [0.15, 0.2) is 0 Å². The van der Waals surface area contributed by atoms with Crippen molar-refractivity contribution < 1.29 is 49.2 Å². The number of phenolic OH excluding ortho intramolecular Hbond substituents is 1. The predicted molar refractivity (Wildman–Crippen MR) is 125 cm³/mol. The molecule has 4 atom stereocenters. The van der Waals surface area contributed by atoms with E-state index in [0.717, 1.165) is 4.90 Å². The van der Waals surface area contributed by atoms with Gasteiger partial charge in [-0.25, -0.2) is 4.79 Å². The van der Waals surface area contributed by atoms with E-state index < -0.39 is 72.6 Å². The number of likely N-dealkylation sites (tertiary alicyclic amines) is 1. The van der Waals surface area contributed by atoms with Crippen LogP contribution in [0.4, 0.5) is 0 Å². The number of aromatic hydroxyl groups is 1. The molecular formula is C23H30N4O10. The molecule has 1 fully saturated rings. The van der Waals surface area contributed by atoms with E-state index in [-0.39, 0.29) is 31.6 Å². The second kappa shape index (κ2) is 13.2. The summed E-state index contributed by atoms with van der Waals surface area (Å²) >= 11 is 0. The van der Waals surface area contributed by atoms with E-state index in [1.165, 1.54) is 12.1 Å². The zero-order valence-electron chi connectivity index (χ0n) is 19.8. The highest BCUT2D eigenvalue weighted by Crippen LogP contribution is 2.20. The highest BCUT2D eigenvalue weighted by atomic mass is 16.4. The average Bonchev–Trinajstić information content (AvgIpc) is 3.31. The minimum absolute atomic E-state index is 0.0228. The fourth-order valence-corrected chi connectivity index (χ4v) is 3.93. The van der Waals surface area contributed by atoms with Gasteiger partial charge in [0.2, 0.25) is 17.7 Å². The molecule has 1 aliphatic rings. The molecule has 0 aliphatic carbocycles. The van der Waals surface area contributed by atoms with E-state index in [4.69, 9.17) is 10.8 Å².